The van der Waals surface area contributed by atoms with Gasteiger partial charge in [-0.15, -0.1) is 0 Å². The van der Waals surface area contributed by atoms with Crippen molar-refractivity contribution in [2.45, 2.75) is 45.1 Å². The number of carbonyl (C=O) groups is 1. The van der Waals surface area contributed by atoms with Gasteiger partial charge in [0.2, 0.25) is 0 Å². The first-order valence-corrected chi connectivity index (χ1v) is 5.60. The van der Waals surface area contributed by atoms with Gasteiger partial charge in [0, 0.05) is 0 Å². The van der Waals surface area contributed by atoms with Gasteiger partial charge in [-0.25, -0.2) is 0 Å². The highest BCUT2D eigenvalue weighted by atomic mass is 16.5. The van der Waals surface area contributed by atoms with Gasteiger partial charge in [-0.05, 0) is 50.4 Å². The maximum atomic E-state index is 11.6. The molecule has 1 atom stereocenters. The summed E-state index contributed by atoms with van der Waals surface area (Å²) in [7, 11) is 0. The Morgan fingerprint density at radius 1 is 1.57 bits per heavy atom. The number of rotatable bonds is 3. The van der Waals surface area contributed by atoms with Crippen molar-refractivity contribution in [1.29, 1.82) is 0 Å². The largest absolute Gasteiger partial charge is 0.465 e. The van der Waals surface area contributed by atoms with Crippen molar-refractivity contribution in [3.8, 4) is 0 Å². The Morgan fingerprint density at radius 3 is 2.64 bits per heavy atom. The minimum absolute atomic E-state index is 0.0942. The zero-order chi connectivity index (χ0) is 10.2. The van der Waals surface area contributed by atoms with Crippen molar-refractivity contribution in [3.05, 3.63) is 0 Å². The van der Waals surface area contributed by atoms with Crippen LogP contribution in [0.25, 0.3) is 0 Å². The number of ether oxygens (including phenoxy) is 1. The summed E-state index contributed by atoms with van der Waals surface area (Å²) in [5.74, 6) is 0.630. The number of hydrogen-bond donors (Lipinski definition) is 1. The van der Waals surface area contributed by atoms with Crippen LogP contribution in [0, 0.1) is 11.3 Å². The molecule has 3 heteroatoms. The van der Waals surface area contributed by atoms with E-state index in [0.717, 1.165) is 25.2 Å². The predicted octanol–water partition coefficient (Wildman–Crippen LogP) is 1.46. The topological polar surface area (TPSA) is 52.3 Å². The standard InChI is InChI=1S/C11H19NO2/c1-2-14-10(13)9(12)11-5-3-8(7-11)4-6-11/h8-9H,2-7,12H2,1H3. The van der Waals surface area contributed by atoms with Crippen LogP contribution in [-0.4, -0.2) is 18.6 Å². The molecule has 0 aromatic heterocycles. The van der Waals surface area contributed by atoms with E-state index < -0.39 is 0 Å². The molecule has 2 fully saturated rings. The molecule has 80 valence electrons. The summed E-state index contributed by atoms with van der Waals surface area (Å²) < 4.78 is 5.00. The first-order chi connectivity index (χ1) is 6.68. The summed E-state index contributed by atoms with van der Waals surface area (Å²) in [6.45, 7) is 2.26. The number of fused-ring (bicyclic) bond motifs is 2. The van der Waals surface area contributed by atoms with Crippen molar-refractivity contribution in [3.63, 3.8) is 0 Å². The molecule has 0 heterocycles. The van der Waals surface area contributed by atoms with Crippen molar-refractivity contribution in [1.82, 2.24) is 0 Å². The van der Waals surface area contributed by atoms with Crippen molar-refractivity contribution >= 4 is 5.97 Å². The molecule has 2 rings (SSSR count). The van der Waals surface area contributed by atoms with E-state index in [1.54, 1.807) is 0 Å². The maximum Gasteiger partial charge on any atom is 0.323 e. The molecule has 3 nitrogen and oxygen atoms in total. The molecule has 2 bridgehead atoms. The lowest BCUT2D eigenvalue weighted by atomic mass is 9.78. The van der Waals surface area contributed by atoms with E-state index in [9.17, 15) is 4.79 Å². The van der Waals surface area contributed by atoms with Crippen LogP contribution in [0.4, 0.5) is 0 Å². The predicted molar refractivity (Wildman–Crippen MR) is 53.6 cm³/mol. The van der Waals surface area contributed by atoms with Gasteiger partial charge in [-0.2, -0.15) is 0 Å². The highest BCUT2D eigenvalue weighted by molar-refractivity contribution is 5.76. The number of hydrogen-bond acceptors (Lipinski definition) is 3. The van der Waals surface area contributed by atoms with Crippen LogP contribution in [0.1, 0.15) is 39.0 Å². The van der Waals surface area contributed by atoms with Gasteiger partial charge in [0.15, 0.2) is 0 Å². The van der Waals surface area contributed by atoms with Crippen LogP contribution in [-0.2, 0) is 9.53 Å². The minimum atomic E-state index is -0.380. The summed E-state index contributed by atoms with van der Waals surface area (Å²) >= 11 is 0. The van der Waals surface area contributed by atoms with E-state index in [4.69, 9.17) is 10.5 Å². The highest BCUT2D eigenvalue weighted by Crippen LogP contribution is 2.55. The van der Waals surface area contributed by atoms with Crippen LogP contribution in [0.15, 0.2) is 0 Å². The second-order valence-corrected chi connectivity index (χ2v) is 4.74. The number of nitrogens with two attached hydrogens (primary N) is 1. The van der Waals surface area contributed by atoms with Gasteiger partial charge in [-0.1, -0.05) is 0 Å². The monoisotopic (exact) mass is 197 g/mol. The van der Waals surface area contributed by atoms with Crippen LogP contribution < -0.4 is 5.73 Å². The molecule has 0 aliphatic heterocycles. The fourth-order valence-electron chi connectivity index (χ4n) is 3.16. The van der Waals surface area contributed by atoms with E-state index in [1.165, 1.54) is 12.8 Å². The Balaban J connectivity index is 2.03. The summed E-state index contributed by atoms with van der Waals surface area (Å²) in [5, 5.41) is 0. The maximum absolute atomic E-state index is 11.6. The van der Waals surface area contributed by atoms with E-state index in [0.29, 0.717) is 6.61 Å². The van der Waals surface area contributed by atoms with Crippen LogP contribution in [0.5, 0.6) is 0 Å². The molecular formula is C11H19NO2. The summed E-state index contributed by atoms with van der Waals surface area (Å²) in [6, 6.07) is -0.380. The van der Waals surface area contributed by atoms with E-state index >= 15 is 0 Å². The van der Waals surface area contributed by atoms with Crippen molar-refractivity contribution < 1.29 is 9.53 Å². The molecule has 2 N–H and O–H groups in total. The smallest absolute Gasteiger partial charge is 0.323 e. The lowest BCUT2D eigenvalue weighted by molar-refractivity contribution is -0.148. The van der Waals surface area contributed by atoms with Crippen LogP contribution >= 0.6 is 0 Å². The second kappa shape index (κ2) is 3.54. The zero-order valence-electron chi connectivity index (χ0n) is 8.79. The molecule has 2 saturated carbocycles. The van der Waals surface area contributed by atoms with Crippen LogP contribution in [0.2, 0.25) is 0 Å². The minimum Gasteiger partial charge on any atom is -0.465 e. The first kappa shape index (κ1) is 9.97. The molecule has 2 aliphatic rings. The van der Waals surface area contributed by atoms with Crippen molar-refractivity contribution in [2.75, 3.05) is 6.61 Å². The fourth-order valence-corrected chi connectivity index (χ4v) is 3.16. The third-order valence-electron chi connectivity index (χ3n) is 4.00. The normalized spacial score (nSPS) is 37.1. The Labute approximate surface area is 85.0 Å². The average Bonchev–Trinajstić information content (AvgIpc) is 2.77. The molecule has 0 aromatic rings. The van der Waals surface area contributed by atoms with Gasteiger partial charge < -0.3 is 10.5 Å². The quantitative estimate of drug-likeness (QED) is 0.697. The lowest BCUT2D eigenvalue weighted by Gasteiger charge is -2.31. The summed E-state index contributed by atoms with van der Waals surface area (Å²) in [5.41, 5.74) is 6.10. The molecule has 2 aliphatic carbocycles. The molecule has 0 radical (unpaired) electrons. The third kappa shape index (κ3) is 1.44. The SMILES string of the molecule is CCOC(=O)C(N)C12CCC(CC1)C2. The third-order valence-corrected chi connectivity index (χ3v) is 4.00. The average molecular weight is 197 g/mol. The highest BCUT2D eigenvalue weighted by Gasteiger charge is 2.51. The van der Waals surface area contributed by atoms with Gasteiger partial charge in [0.25, 0.3) is 0 Å². The molecule has 0 saturated heterocycles. The van der Waals surface area contributed by atoms with Crippen LogP contribution in [0.3, 0.4) is 0 Å². The Morgan fingerprint density at radius 2 is 2.21 bits per heavy atom. The molecular weight excluding hydrogens is 178 g/mol. The molecule has 14 heavy (non-hydrogen) atoms. The first-order valence-electron chi connectivity index (χ1n) is 5.60. The summed E-state index contributed by atoms with van der Waals surface area (Å²) in [4.78, 5) is 11.6. The fraction of sp³-hybridized carbons (Fsp3) is 0.909. The Kier molecular flexibility index (Phi) is 2.52. The van der Waals surface area contributed by atoms with E-state index in [1.807, 2.05) is 6.92 Å². The summed E-state index contributed by atoms with van der Waals surface area (Å²) in [6.07, 6.45) is 5.91. The van der Waals surface area contributed by atoms with Gasteiger partial charge >= 0.3 is 5.97 Å². The van der Waals surface area contributed by atoms with Gasteiger partial charge in [0.05, 0.1) is 6.61 Å². The Hall–Kier alpha value is -0.570. The zero-order valence-corrected chi connectivity index (χ0v) is 8.79. The lowest BCUT2D eigenvalue weighted by Crippen LogP contribution is -2.46. The van der Waals surface area contributed by atoms with Crippen molar-refractivity contribution in [2.24, 2.45) is 17.1 Å². The second-order valence-electron chi connectivity index (χ2n) is 4.74. The van der Waals surface area contributed by atoms with Gasteiger partial charge in [-0.3, -0.25) is 4.79 Å². The number of carbonyl (C=O) groups excluding carboxylic acids is 1. The Bertz CT molecular complexity index is 231. The molecule has 0 spiro atoms. The van der Waals surface area contributed by atoms with E-state index in [-0.39, 0.29) is 17.4 Å². The molecule has 1 unspecified atom stereocenters. The van der Waals surface area contributed by atoms with Gasteiger partial charge in [0.1, 0.15) is 6.04 Å². The molecule has 0 aromatic carbocycles. The number of esters is 1. The van der Waals surface area contributed by atoms with E-state index in [2.05, 4.69) is 0 Å². The molecule has 0 amide bonds.